The van der Waals surface area contributed by atoms with Crippen molar-refractivity contribution in [2.24, 2.45) is 5.92 Å². The van der Waals surface area contributed by atoms with E-state index in [4.69, 9.17) is 11.6 Å². The first-order valence-electron chi connectivity index (χ1n) is 6.53. The number of ether oxygens (including phenoxy) is 1. The topological polar surface area (TPSA) is 67.4 Å². The van der Waals surface area contributed by atoms with Gasteiger partial charge in [-0.05, 0) is 24.1 Å². The summed E-state index contributed by atoms with van der Waals surface area (Å²) >= 11 is 5.80. The van der Waals surface area contributed by atoms with Crippen LogP contribution in [0, 0.1) is 5.92 Å². The Morgan fingerprint density at radius 3 is 2.36 bits per heavy atom. The van der Waals surface area contributed by atoms with E-state index in [2.05, 4.69) is 15.4 Å². The summed E-state index contributed by atoms with van der Waals surface area (Å²) in [6, 6.07) is 3.19. The summed E-state index contributed by atoms with van der Waals surface area (Å²) in [6.45, 7) is 1.90. The molecule has 5 nitrogen and oxygen atoms in total. The smallest absolute Gasteiger partial charge is 0.387 e. The number of halogens is 3. The first-order chi connectivity index (χ1) is 10.2. The number of benzene rings is 1. The third-order valence-electron chi connectivity index (χ3n) is 2.72. The largest absolute Gasteiger partial charge is 0.433 e. The van der Waals surface area contributed by atoms with Crippen LogP contribution in [0.1, 0.15) is 20.8 Å². The maximum absolute atomic E-state index is 12.1. The Morgan fingerprint density at radius 1 is 1.27 bits per heavy atom. The van der Waals surface area contributed by atoms with Crippen LogP contribution in [0.4, 0.5) is 14.5 Å². The zero-order chi connectivity index (χ0) is 16.9. The minimum absolute atomic E-state index is 0.0567. The summed E-state index contributed by atoms with van der Waals surface area (Å²) in [5, 5.41) is 5.06. The molecule has 0 unspecified atom stereocenters. The van der Waals surface area contributed by atoms with Crippen LogP contribution in [0.3, 0.4) is 0 Å². The first-order valence-corrected chi connectivity index (χ1v) is 6.90. The monoisotopic (exact) mass is 334 g/mol. The van der Waals surface area contributed by atoms with Crippen LogP contribution >= 0.6 is 11.6 Å². The summed E-state index contributed by atoms with van der Waals surface area (Å²) in [6.07, 6.45) is 0. The van der Waals surface area contributed by atoms with E-state index in [1.165, 1.54) is 25.1 Å². The molecule has 1 aromatic carbocycles. The van der Waals surface area contributed by atoms with Gasteiger partial charge in [0.15, 0.2) is 0 Å². The molecule has 0 saturated heterocycles. The SMILES string of the molecule is CC(=O)N[C@@H](C(=O)Nc1ccc(OC(F)F)c(Cl)c1)C(C)C. The molecule has 1 aromatic rings. The van der Waals surface area contributed by atoms with Crippen LogP contribution in [0.25, 0.3) is 0 Å². The molecule has 1 rings (SSSR count). The van der Waals surface area contributed by atoms with E-state index < -0.39 is 18.6 Å². The second-order valence-corrected chi connectivity index (χ2v) is 5.34. The fourth-order valence-corrected chi connectivity index (χ4v) is 1.97. The average molecular weight is 335 g/mol. The molecular formula is C14H17ClF2N2O3. The highest BCUT2D eigenvalue weighted by Crippen LogP contribution is 2.29. The molecule has 0 saturated carbocycles. The van der Waals surface area contributed by atoms with Gasteiger partial charge in [-0.1, -0.05) is 25.4 Å². The van der Waals surface area contributed by atoms with E-state index in [0.29, 0.717) is 5.69 Å². The molecule has 0 heterocycles. The zero-order valence-electron chi connectivity index (χ0n) is 12.3. The normalized spacial score (nSPS) is 12.2. The molecule has 0 radical (unpaired) electrons. The molecule has 22 heavy (non-hydrogen) atoms. The van der Waals surface area contributed by atoms with Crippen LogP contribution in [0.5, 0.6) is 5.75 Å². The summed E-state index contributed by atoms with van der Waals surface area (Å²) in [5.74, 6) is -1.06. The summed E-state index contributed by atoms with van der Waals surface area (Å²) in [4.78, 5) is 23.3. The number of anilines is 1. The van der Waals surface area contributed by atoms with Gasteiger partial charge in [-0.25, -0.2) is 0 Å². The Balaban J connectivity index is 2.82. The predicted octanol–water partition coefficient (Wildman–Crippen LogP) is 3.04. The van der Waals surface area contributed by atoms with Crippen molar-refractivity contribution < 1.29 is 23.1 Å². The van der Waals surface area contributed by atoms with Gasteiger partial charge in [0.25, 0.3) is 0 Å². The molecule has 0 aliphatic rings. The summed E-state index contributed by atoms with van der Waals surface area (Å²) < 4.78 is 28.5. The lowest BCUT2D eigenvalue weighted by molar-refractivity contribution is -0.126. The highest BCUT2D eigenvalue weighted by atomic mass is 35.5. The number of carbonyl (C=O) groups is 2. The molecule has 0 aliphatic heterocycles. The fourth-order valence-electron chi connectivity index (χ4n) is 1.74. The number of nitrogens with one attached hydrogen (secondary N) is 2. The molecule has 0 fully saturated rings. The molecule has 0 aliphatic carbocycles. The Kier molecular flexibility index (Phi) is 6.55. The van der Waals surface area contributed by atoms with Gasteiger partial charge in [0.05, 0.1) is 5.02 Å². The lowest BCUT2D eigenvalue weighted by Gasteiger charge is -2.21. The van der Waals surface area contributed by atoms with Crippen molar-refractivity contribution in [3.05, 3.63) is 23.2 Å². The van der Waals surface area contributed by atoms with Gasteiger partial charge < -0.3 is 15.4 Å². The molecule has 8 heteroatoms. The molecule has 0 bridgehead atoms. The van der Waals surface area contributed by atoms with E-state index in [1.54, 1.807) is 13.8 Å². The Bertz CT molecular complexity index is 553. The average Bonchev–Trinajstić information content (AvgIpc) is 2.38. The number of amides is 2. The van der Waals surface area contributed by atoms with Crippen LogP contribution in [0.2, 0.25) is 5.02 Å². The third kappa shape index (κ3) is 5.48. The summed E-state index contributed by atoms with van der Waals surface area (Å²) in [5.41, 5.74) is 0.313. The standard InChI is InChI=1S/C14H17ClF2N2O3/c1-7(2)12(18-8(3)20)13(21)19-9-4-5-11(10(15)6-9)22-14(16)17/h4-7,12,14H,1-3H3,(H,18,20)(H,19,21)/t12-/m1/s1. The third-order valence-corrected chi connectivity index (χ3v) is 3.02. The van der Waals surface area contributed by atoms with Gasteiger partial charge in [-0.2, -0.15) is 8.78 Å². The highest BCUT2D eigenvalue weighted by Gasteiger charge is 2.23. The molecule has 1 atom stereocenters. The zero-order valence-corrected chi connectivity index (χ0v) is 13.1. The van der Waals surface area contributed by atoms with Crippen molar-refractivity contribution >= 4 is 29.1 Å². The van der Waals surface area contributed by atoms with Crippen LogP contribution in [0.15, 0.2) is 18.2 Å². The number of rotatable bonds is 6. The van der Waals surface area contributed by atoms with Crippen molar-refractivity contribution in [1.82, 2.24) is 5.32 Å². The van der Waals surface area contributed by atoms with Crippen molar-refractivity contribution in [2.45, 2.75) is 33.4 Å². The van der Waals surface area contributed by atoms with Crippen molar-refractivity contribution in [3.63, 3.8) is 0 Å². The maximum Gasteiger partial charge on any atom is 0.387 e. The second kappa shape index (κ2) is 7.93. The quantitative estimate of drug-likeness (QED) is 0.840. The van der Waals surface area contributed by atoms with Crippen molar-refractivity contribution in [1.29, 1.82) is 0 Å². The lowest BCUT2D eigenvalue weighted by Crippen LogP contribution is -2.46. The molecular weight excluding hydrogens is 318 g/mol. The van der Waals surface area contributed by atoms with Gasteiger partial charge in [-0.3, -0.25) is 9.59 Å². The Hall–Kier alpha value is -1.89. The van der Waals surface area contributed by atoms with E-state index in [1.807, 2.05) is 0 Å². The number of carbonyl (C=O) groups excluding carboxylic acids is 2. The maximum atomic E-state index is 12.1. The van der Waals surface area contributed by atoms with E-state index >= 15 is 0 Å². The van der Waals surface area contributed by atoms with E-state index in [-0.39, 0.29) is 22.6 Å². The number of alkyl halides is 2. The Morgan fingerprint density at radius 2 is 1.91 bits per heavy atom. The number of hydrogen-bond acceptors (Lipinski definition) is 3. The highest BCUT2D eigenvalue weighted by molar-refractivity contribution is 6.32. The number of hydrogen-bond donors (Lipinski definition) is 2. The molecule has 2 N–H and O–H groups in total. The van der Waals surface area contributed by atoms with Gasteiger partial charge in [-0.15, -0.1) is 0 Å². The predicted molar refractivity (Wildman–Crippen MR) is 79.2 cm³/mol. The van der Waals surface area contributed by atoms with Crippen LogP contribution in [-0.4, -0.2) is 24.5 Å². The molecule has 0 spiro atoms. The van der Waals surface area contributed by atoms with Gasteiger partial charge >= 0.3 is 6.61 Å². The van der Waals surface area contributed by atoms with Gasteiger partial charge in [0, 0.05) is 12.6 Å². The fraction of sp³-hybridized carbons (Fsp3) is 0.429. The minimum Gasteiger partial charge on any atom is -0.433 e. The first kappa shape index (κ1) is 18.2. The van der Waals surface area contributed by atoms with Crippen molar-refractivity contribution in [3.8, 4) is 5.75 Å². The van der Waals surface area contributed by atoms with Crippen LogP contribution in [-0.2, 0) is 9.59 Å². The second-order valence-electron chi connectivity index (χ2n) is 4.94. The molecule has 122 valence electrons. The molecule has 0 aromatic heterocycles. The van der Waals surface area contributed by atoms with Gasteiger partial charge in [0.2, 0.25) is 11.8 Å². The van der Waals surface area contributed by atoms with Crippen molar-refractivity contribution in [2.75, 3.05) is 5.32 Å². The van der Waals surface area contributed by atoms with E-state index in [0.717, 1.165) is 0 Å². The Labute approximate surface area is 132 Å². The molecule has 2 amide bonds. The van der Waals surface area contributed by atoms with Gasteiger partial charge in [0.1, 0.15) is 11.8 Å². The summed E-state index contributed by atoms with van der Waals surface area (Å²) in [7, 11) is 0. The van der Waals surface area contributed by atoms with Crippen LogP contribution < -0.4 is 15.4 Å². The van der Waals surface area contributed by atoms with E-state index in [9.17, 15) is 18.4 Å². The lowest BCUT2D eigenvalue weighted by atomic mass is 10.0. The minimum atomic E-state index is -2.98.